The van der Waals surface area contributed by atoms with E-state index in [1.165, 1.54) is 0 Å². The van der Waals surface area contributed by atoms with Crippen LogP contribution >= 0.6 is 0 Å². The fraction of sp³-hybridized carbons (Fsp3) is 0.667. The summed E-state index contributed by atoms with van der Waals surface area (Å²) in [6.07, 6.45) is 0.653. The third kappa shape index (κ3) is 3.05. The topological polar surface area (TPSA) is 41.1 Å². The minimum absolute atomic E-state index is 0.143. The molecule has 1 fully saturated rings. The Morgan fingerprint density at radius 3 is 2.75 bits per heavy atom. The van der Waals surface area contributed by atoms with Crippen molar-refractivity contribution in [3.63, 3.8) is 0 Å². The van der Waals surface area contributed by atoms with Crippen LogP contribution in [0, 0.1) is 5.92 Å². The molecule has 68 valence electrons. The highest BCUT2D eigenvalue weighted by atomic mass is 16.1. The van der Waals surface area contributed by atoms with Gasteiger partial charge in [0.1, 0.15) is 0 Å². The Kier molecular flexibility index (Phi) is 3.29. The second kappa shape index (κ2) is 4.26. The van der Waals surface area contributed by atoms with Crippen LogP contribution in [0.15, 0.2) is 12.2 Å². The van der Waals surface area contributed by atoms with E-state index in [1.807, 2.05) is 6.92 Å². The van der Waals surface area contributed by atoms with Gasteiger partial charge in [-0.3, -0.25) is 4.79 Å². The number of rotatable bonds is 4. The van der Waals surface area contributed by atoms with Crippen LogP contribution in [-0.4, -0.2) is 25.5 Å². The molecule has 1 rings (SSSR count). The summed E-state index contributed by atoms with van der Waals surface area (Å²) in [4.78, 5) is 11.2. The predicted molar refractivity (Wildman–Crippen MR) is 48.8 cm³/mol. The monoisotopic (exact) mass is 168 g/mol. The summed E-state index contributed by atoms with van der Waals surface area (Å²) in [5.74, 6) is 0.694. The molecule has 0 saturated carbocycles. The van der Waals surface area contributed by atoms with Crippen molar-refractivity contribution < 1.29 is 4.79 Å². The zero-order valence-electron chi connectivity index (χ0n) is 7.52. The second-order valence-corrected chi connectivity index (χ2v) is 3.46. The van der Waals surface area contributed by atoms with Crippen LogP contribution in [0.5, 0.6) is 0 Å². The van der Waals surface area contributed by atoms with Crippen LogP contribution in [0.1, 0.15) is 13.3 Å². The van der Waals surface area contributed by atoms with Gasteiger partial charge in [0, 0.05) is 13.0 Å². The summed E-state index contributed by atoms with van der Waals surface area (Å²) in [7, 11) is 0. The van der Waals surface area contributed by atoms with Gasteiger partial charge in [0.2, 0.25) is 5.91 Å². The Morgan fingerprint density at radius 1 is 1.67 bits per heavy atom. The minimum atomic E-state index is 0.143. The van der Waals surface area contributed by atoms with Gasteiger partial charge in [-0.1, -0.05) is 12.2 Å². The van der Waals surface area contributed by atoms with Gasteiger partial charge in [0.05, 0.1) is 0 Å². The van der Waals surface area contributed by atoms with Crippen molar-refractivity contribution >= 4 is 5.91 Å². The first-order valence-electron chi connectivity index (χ1n) is 4.30. The molecule has 0 radical (unpaired) electrons. The lowest BCUT2D eigenvalue weighted by Crippen LogP contribution is -2.44. The first-order valence-corrected chi connectivity index (χ1v) is 4.30. The molecule has 0 aromatic heterocycles. The zero-order valence-corrected chi connectivity index (χ0v) is 7.52. The lowest BCUT2D eigenvalue weighted by Gasteiger charge is -2.26. The molecule has 0 spiro atoms. The Balaban J connectivity index is 2.06. The van der Waals surface area contributed by atoms with Crippen molar-refractivity contribution in [2.45, 2.75) is 13.3 Å². The second-order valence-electron chi connectivity index (χ2n) is 3.46. The van der Waals surface area contributed by atoms with Crippen molar-refractivity contribution in [2.24, 2.45) is 5.92 Å². The highest BCUT2D eigenvalue weighted by molar-refractivity contribution is 5.76. The van der Waals surface area contributed by atoms with E-state index in [-0.39, 0.29) is 5.91 Å². The lowest BCUT2D eigenvalue weighted by molar-refractivity contribution is -0.122. The lowest BCUT2D eigenvalue weighted by atomic mass is 9.99. The molecule has 1 amide bonds. The molecule has 1 heterocycles. The summed E-state index contributed by atoms with van der Waals surface area (Å²) >= 11 is 0. The van der Waals surface area contributed by atoms with E-state index in [4.69, 9.17) is 0 Å². The maximum Gasteiger partial charge on any atom is 0.220 e. The van der Waals surface area contributed by atoms with E-state index in [0.29, 0.717) is 18.9 Å². The Morgan fingerprint density at radius 2 is 2.33 bits per heavy atom. The summed E-state index contributed by atoms with van der Waals surface area (Å²) in [5, 5.41) is 5.95. The number of carbonyl (C=O) groups excluding carboxylic acids is 1. The van der Waals surface area contributed by atoms with Gasteiger partial charge in [-0.15, -0.1) is 0 Å². The smallest absolute Gasteiger partial charge is 0.220 e. The van der Waals surface area contributed by atoms with E-state index in [0.717, 1.165) is 18.7 Å². The quantitative estimate of drug-likeness (QED) is 0.592. The van der Waals surface area contributed by atoms with Gasteiger partial charge in [0.15, 0.2) is 0 Å². The van der Waals surface area contributed by atoms with Crippen molar-refractivity contribution in [3.05, 3.63) is 12.2 Å². The third-order valence-electron chi connectivity index (χ3n) is 1.93. The van der Waals surface area contributed by atoms with Crippen molar-refractivity contribution in [3.8, 4) is 0 Å². The number of hydrogen-bond donors (Lipinski definition) is 2. The molecule has 0 atom stereocenters. The van der Waals surface area contributed by atoms with Gasteiger partial charge in [-0.05, 0) is 25.9 Å². The Labute approximate surface area is 73.2 Å². The summed E-state index contributed by atoms with van der Waals surface area (Å²) < 4.78 is 0. The number of nitrogens with one attached hydrogen (secondary N) is 2. The van der Waals surface area contributed by atoms with E-state index < -0.39 is 0 Å². The fourth-order valence-corrected chi connectivity index (χ4v) is 1.08. The van der Waals surface area contributed by atoms with Gasteiger partial charge in [-0.25, -0.2) is 0 Å². The van der Waals surface area contributed by atoms with E-state index in [9.17, 15) is 4.79 Å². The van der Waals surface area contributed by atoms with Crippen LogP contribution in [0.4, 0.5) is 0 Å². The molecule has 3 heteroatoms. The first kappa shape index (κ1) is 9.26. The highest BCUT2D eigenvalue weighted by Crippen LogP contribution is 2.07. The first-order chi connectivity index (χ1) is 5.68. The van der Waals surface area contributed by atoms with Crippen LogP contribution in [0.25, 0.3) is 0 Å². The van der Waals surface area contributed by atoms with Gasteiger partial charge >= 0.3 is 0 Å². The molecule has 0 aromatic carbocycles. The highest BCUT2D eigenvalue weighted by Gasteiger charge is 2.19. The van der Waals surface area contributed by atoms with Crippen LogP contribution in [-0.2, 0) is 4.79 Å². The van der Waals surface area contributed by atoms with E-state index in [1.54, 1.807) is 0 Å². The molecule has 1 aliphatic heterocycles. The average Bonchev–Trinajstić information content (AvgIpc) is 1.93. The van der Waals surface area contributed by atoms with Crippen LogP contribution in [0.2, 0.25) is 0 Å². The molecule has 1 aliphatic rings. The molecule has 12 heavy (non-hydrogen) atoms. The maximum atomic E-state index is 11.2. The fourth-order valence-electron chi connectivity index (χ4n) is 1.08. The normalized spacial score (nSPS) is 16.8. The van der Waals surface area contributed by atoms with Gasteiger partial charge in [-0.2, -0.15) is 0 Å². The van der Waals surface area contributed by atoms with Crippen molar-refractivity contribution in [1.82, 2.24) is 10.6 Å². The minimum Gasteiger partial charge on any atom is -0.352 e. The molecule has 0 aliphatic carbocycles. The SMILES string of the molecule is C=C(C)CNC(=O)CC1CNC1. The Hall–Kier alpha value is -0.830. The molecular weight excluding hydrogens is 152 g/mol. The van der Waals surface area contributed by atoms with E-state index >= 15 is 0 Å². The molecular formula is C9H16N2O. The zero-order chi connectivity index (χ0) is 8.97. The molecule has 2 N–H and O–H groups in total. The maximum absolute atomic E-state index is 11.2. The third-order valence-corrected chi connectivity index (χ3v) is 1.93. The molecule has 0 bridgehead atoms. The predicted octanol–water partition coefficient (Wildman–Crippen LogP) is 0.288. The average molecular weight is 168 g/mol. The molecule has 0 unspecified atom stereocenters. The molecule has 3 nitrogen and oxygen atoms in total. The van der Waals surface area contributed by atoms with Gasteiger partial charge in [0.25, 0.3) is 0 Å². The summed E-state index contributed by atoms with van der Waals surface area (Å²) in [5.41, 5.74) is 0.995. The van der Waals surface area contributed by atoms with E-state index in [2.05, 4.69) is 17.2 Å². The standard InChI is InChI=1S/C9H16N2O/c1-7(2)4-11-9(12)3-8-5-10-6-8/h8,10H,1,3-6H2,2H3,(H,11,12). The van der Waals surface area contributed by atoms with Crippen LogP contribution < -0.4 is 10.6 Å². The summed E-state index contributed by atoms with van der Waals surface area (Å²) in [6, 6.07) is 0. The largest absolute Gasteiger partial charge is 0.352 e. The van der Waals surface area contributed by atoms with Crippen molar-refractivity contribution in [1.29, 1.82) is 0 Å². The number of hydrogen-bond acceptors (Lipinski definition) is 2. The number of amides is 1. The number of carbonyl (C=O) groups is 1. The molecule has 0 aromatic rings. The van der Waals surface area contributed by atoms with Crippen molar-refractivity contribution in [2.75, 3.05) is 19.6 Å². The Bertz CT molecular complexity index is 185. The molecule has 1 saturated heterocycles. The van der Waals surface area contributed by atoms with Crippen LogP contribution in [0.3, 0.4) is 0 Å². The van der Waals surface area contributed by atoms with Gasteiger partial charge < -0.3 is 10.6 Å². The summed E-state index contributed by atoms with van der Waals surface area (Å²) in [6.45, 7) is 8.20.